The van der Waals surface area contributed by atoms with E-state index in [2.05, 4.69) is 17.1 Å². The molecular formula is C14H23FN2O. The van der Waals surface area contributed by atoms with Gasteiger partial charge < -0.3 is 15.0 Å². The third-order valence-corrected chi connectivity index (χ3v) is 2.89. The summed E-state index contributed by atoms with van der Waals surface area (Å²) in [6.45, 7) is 3.89. The lowest BCUT2D eigenvalue weighted by Gasteiger charge is -2.21. The van der Waals surface area contributed by atoms with Crippen LogP contribution in [0.25, 0.3) is 0 Å². The van der Waals surface area contributed by atoms with Crippen molar-refractivity contribution in [3.63, 3.8) is 0 Å². The van der Waals surface area contributed by atoms with E-state index in [1.807, 2.05) is 20.2 Å². The average Bonchev–Trinajstić information content (AvgIpc) is 2.34. The molecule has 18 heavy (non-hydrogen) atoms. The van der Waals surface area contributed by atoms with Crippen LogP contribution in [-0.2, 0) is 0 Å². The lowest BCUT2D eigenvalue weighted by atomic mass is 10.0. The van der Waals surface area contributed by atoms with E-state index in [1.54, 1.807) is 12.1 Å². The molecule has 1 unspecified atom stereocenters. The second kappa shape index (κ2) is 7.34. The van der Waals surface area contributed by atoms with Crippen LogP contribution in [0.2, 0.25) is 0 Å². The van der Waals surface area contributed by atoms with E-state index in [0.29, 0.717) is 5.75 Å². The highest BCUT2D eigenvalue weighted by atomic mass is 19.1. The summed E-state index contributed by atoms with van der Waals surface area (Å²) in [5.74, 6) is -0.00985. The van der Waals surface area contributed by atoms with Crippen molar-refractivity contribution < 1.29 is 9.13 Å². The van der Waals surface area contributed by atoms with Gasteiger partial charge in [0.1, 0.15) is 0 Å². The number of benzene rings is 1. The number of hydrogen-bond acceptors (Lipinski definition) is 3. The van der Waals surface area contributed by atoms with Crippen LogP contribution in [-0.4, -0.2) is 39.2 Å². The molecule has 0 bridgehead atoms. The quantitative estimate of drug-likeness (QED) is 0.809. The van der Waals surface area contributed by atoms with Gasteiger partial charge in [-0.25, -0.2) is 4.39 Å². The Morgan fingerprint density at radius 2 is 2.11 bits per heavy atom. The highest BCUT2D eigenvalue weighted by Crippen LogP contribution is 2.23. The molecule has 0 saturated heterocycles. The fourth-order valence-electron chi connectivity index (χ4n) is 1.92. The highest BCUT2D eigenvalue weighted by molar-refractivity contribution is 5.31. The van der Waals surface area contributed by atoms with E-state index < -0.39 is 0 Å². The highest BCUT2D eigenvalue weighted by Gasteiger charge is 2.13. The Labute approximate surface area is 109 Å². The first-order valence-electron chi connectivity index (χ1n) is 6.30. The van der Waals surface area contributed by atoms with Crippen LogP contribution in [0.3, 0.4) is 0 Å². The van der Waals surface area contributed by atoms with E-state index >= 15 is 0 Å². The minimum atomic E-state index is -0.303. The average molecular weight is 254 g/mol. The second-order valence-corrected chi connectivity index (χ2v) is 4.60. The Hall–Kier alpha value is -1.13. The molecule has 3 nitrogen and oxygen atoms in total. The van der Waals surface area contributed by atoms with Gasteiger partial charge in [-0.05, 0) is 51.3 Å². The fraction of sp³-hybridized carbons (Fsp3) is 0.571. The summed E-state index contributed by atoms with van der Waals surface area (Å²) >= 11 is 0. The topological polar surface area (TPSA) is 24.5 Å². The van der Waals surface area contributed by atoms with E-state index in [-0.39, 0.29) is 11.9 Å². The molecule has 0 aliphatic rings. The van der Waals surface area contributed by atoms with Gasteiger partial charge in [0.25, 0.3) is 0 Å². The molecule has 0 fully saturated rings. The number of ether oxygens (including phenoxy) is 1. The Morgan fingerprint density at radius 3 is 2.61 bits per heavy atom. The molecule has 102 valence electrons. The van der Waals surface area contributed by atoms with E-state index in [1.165, 1.54) is 7.11 Å². The first-order valence-corrected chi connectivity index (χ1v) is 6.30. The second-order valence-electron chi connectivity index (χ2n) is 4.60. The Morgan fingerprint density at radius 1 is 1.39 bits per heavy atom. The van der Waals surface area contributed by atoms with Gasteiger partial charge in [-0.1, -0.05) is 13.0 Å². The first kappa shape index (κ1) is 14.9. The zero-order valence-electron chi connectivity index (χ0n) is 11.7. The van der Waals surface area contributed by atoms with Crippen LogP contribution in [0.1, 0.15) is 24.9 Å². The molecule has 0 heterocycles. The Bertz CT molecular complexity index is 369. The SMILES string of the molecule is CCNC(CCN(C)C)c1ccc(OC)c(F)c1. The van der Waals surface area contributed by atoms with Crippen molar-refractivity contribution in [2.24, 2.45) is 0 Å². The van der Waals surface area contributed by atoms with Gasteiger partial charge in [-0.3, -0.25) is 0 Å². The van der Waals surface area contributed by atoms with Crippen LogP contribution in [0, 0.1) is 5.82 Å². The molecule has 1 atom stereocenters. The normalized spacial score (nSPS) is 12.8. The first-order chi connectivity index (χ1) is 8.58. The standard InChI is InChI=1S/C14H23FN2O/c1-5-16-13(8-9-17(2)3)11-6-7-14(18-4)12(15)10-11/h6-7,10,13,16H,5,8-9H2,1-4H3. The number of methoxy groups -OCH3 is 1. The Kier molecular flexibility index (Phi) is 6.09. The molecule has 1 aromatic carbocycles. The van der Waals surface area contributed by atoms with Gasteiger partial charge >= 0.3 is 0 Å². The van der Waals surface area contributed by atoms with Crippen molar-refractivity contribution in [3.05, 3.63) is 29.6 Å². The number of hydrogen-bond donors (Lipinski definition) is 1. The minimum Gasteiger partial charge on any atom is -0.494 e. The van der Waals surface area contributed by atoms with E-state index in [4.69, 9.17) is 4.74 Å². The molecule has 1 rings (SSSR count). The monoisotopic (exact) mass is 254 g/mol. The van der Waals surface area contributed by atoms with Crippen LogP contribution in [0.5, 0.6) is 5.75 Å². The van der Waals surface area contributed by atoms with Gasteiger partial charge in [0.15, 0.2) is 11.6 Å². The Balaban J connectivity index is 2.81. The van der Waals surface area contributed by atoms with Crippen LogP contribution >= 0.6 is 0 Å². The van der Waals surface area contributed by atoms with Crippen molar-refractivity contribution in [2.75, 3.05) is 34.3 Å². The largest absolute Gasteiger partial charge is 0.494 e. The summed E-state index contributed by atoms with van der Waals surface area (Å²) in [5, 5.41) is 3.38. The van der Waals surface area contributed by atoms with Crippen molar-refractivity contribution in [1.29, 1.82) is 0 Å². The molecule has 0 saturated carbocycles. The fourth-order valence-corrected chi connectivity index (χ4v) is 1.92. The van der Waals surface area contributed by atoms with Gasteiger partial charge in [-0.2, -0.15) is 0 Å². The van der Waals surface area contributed by atoms with Crippen LogP contribution < -0.4 is 10.1 Å². The molecule has 1 aromatic rings. The molecule has 1 N–H and O–H groups in total. The number of nitrogens with one attached hydrogen (secondary N) is 1. The summed E-state index contributed by atoms with van der Waals surface area (Å²) in [7, 11) is 5.56. The maximum atomic E-state index is 13.7. The maximum absolute atomic E-state index is 13.7. The van der Waals surface area contributed by atoms with Crippen molar-refractivity contribution in [2.45, 2.75) is 19.4 Å². The number of nitrogens with zero attached hydrogens (tertiary/aromatic N) is 1. The molecule has 0 spiro atoms. The zero-order valence-corrected chi connectivity index (χ0v) is 11.7. The molecule has 0 aromatic heterocycles. The lowest BCUT2D eigenvalue weighted by molar-refractivity contribution is 0.361. The molecule has 0 aliphatic heterocycles. The van der Waals surface area contributed by atoms with Crippen molar-refractivity contribution >= 4 is 0 Å². The summed E-state index contributed by atoms with van der Waals surface area (Å²) in [4.78, 5) is 2.13. The third kappa shape index (κ3) is 4.27. The molecule has 0 amide bonds. The van der Waals surface area contributed by atoms with Crippen LogP contribution in [0.15, 0.2) is 18.2 Å². The lowest BCUT2D eigenvalue weighted by Crippen LogP contribution is -2.25. The molecule has 4 heteroatoms. The van der Waals surface area contributed by atoms with E-state index in [9.17, 15) is 4.39 Å². The van der Waals surface area contributed by atoms with Gasteiger partial charge in [0, 0.05) is 6.04 Å². The summed E-state index contributed by atoms with van der Waals surface area (Å²) < 4.78 is 18.6. The molecule has 0 aliphatic carbocycles. The predicted molar refractivity (Wildman–Crippen MR) is 72.5 cm³/mol. The van der Waals surface area contributed by atoms with Gasteiger partial charge in [-0.15, -0.1) is 0 Å². The maximum Gasteiger partial charge on any atom is 0.165 e. The number of halogens is 1. The van der Waals surface area contributed by atoms with Crippen LogP contribution in [0.4, 0.5) is 4.39 Å². The summed E-state index contributed by atoms with van der Waals surface area (Å²) in [6.07, 6.45) is 0.951. The third-order valence-electron chi connectivity index (χ3n) is 2.89. The van der Waals surface area contributed by atoms with E-state index in [0.717, 1.165) is 25.1 Å². The molecular weight excluding hydrogens is 231 g/mol. The summed E-state index contributed by atoms with van der Waals surface area (Å²) in [5.41, 5.74) is 0.969. The van der Waals surface area contributed by atoms with Gasteiger partial charge in [0.2, 0.25) is 0 Å². The zero-order chi connectivity index (χ0) is 13.5. The predicted octanol–water partition coefficient (Wildman–Crippen LogP) is 2.44. The van der Waals surface area contributed by atoms with Crippen molar-refractivity contribution in [1.82, 2.24) is 10.2 Å². The number of rotatable bonds is 7. The smallest absolute Gasteiger partial charge is 0.165 e. The van der Waals surface area contributed by atoms with Crippen molar-refractivity contribution in [3.8, 4) is 5.75 Å². The minimum absolute atomic E-state index is 0.179. The molecule has 0 radical (unpaired) electrons. The van der Waals surface area contributed by atoms with Gasteiger partial charge in [0.05, 0.1) is 7.11 Å². The summed E-state index contributed by atoms with van der Waals surface area (Å²) in [6, 6.07) is 5.34.